The van der Waals surface area contributed by atoms with Gasteiger partial charge in [-0.1, -0.05) is 0 Å². The molecule has 156 valence electrons. The van der Waals surface area contributed by atoms with Gasteiger partial charge >= 0.3 is 0 Å². The number of anilines is 2. The first-order valence-corrected chi connectivity index (χ1v) is 11.1. The third kappa shape index (κ3) is 3.05. The zero-order valence-corrected chi connectivity index (χ0v) is 18.2. The molecule has 0 aliphatic carbocycles. The summed E-state index contributed by atoms with van der Waals surface area (Å²) >= 11 is 1.49. The van der Waals surface area contributed by atoms with Crippen molar-refractivity contribution in [2.75, 3.05) is 29.4 Å². The number of thiazole rings is 1. The number of rotatable bonds is 2. The molecule has 2 aliphatic rings. The van der Waals surface area contributed by atoms with E-state index in [2.05, 4.69) is 31.9 Å². The first kappa shape index (κ1) is 19.5. The van der Waals surface area contributed by atoms with E-state index in [0.717, 1.165) is 53.6 Å². The van der Waals surface area contributed by atoms with Gasteiger partial charge in [0, 0.05) is 38.9 Å². The summed E-state index contributed by atoms with van der Waals surface area (Å²) in [6.07, 6.45) is 3.56. The number of pyridine rings is 2. The molecule has 2 saturated heterocycles. The molecule has 0 amide bonds. The number of nitriles is 2. The van der Waals surface area contributed by atoms with Crippen LogP contribution in [0.3, 0.4) is 0 Å². The first-order valence-electron chi connectivity index (χ1n) is 10.3. The second-order valence-corrected chi connectivity index (χ2v) is 9.33. The Labute approximate surface area is 183 Å². The lowest BCUT2D eigenvalue weighted by Crippen LogP contribution is -2.47. The van der Waals surface area contributed by atoms with E-state index in [1.54, 1.807) is 17.8 Å². The highest BCUT2D eigenvalue weighted by atomic mass is 32.1. The van der Waals surface area contributed by atoms with Crippen molar-refractivity contribution in [2.24, 2.45) is 13.0 Å². The number of hydrogen-bond donors (Lipinski definition) is 0. The molecule has 9 heteroatoms. The number of hydrogen-bond acceptors (Lipinski definition) is 8. The summed E-state index contributed by atoms with van der Waals surface area (Å²) in [5, 5.41) is 19.7. The third-order valence-electron chi connectivity index (χ3n) is 6.43. The van der Waals surface area contributed by atoms with Crippen molar-refractivity contribution in [3.05, 3.63) is 44.8 Å². The fourth-order valence-corrected chi connectivity index (χ4v) is 5.86. The van der Waals surface area contributed by atoms with E-state index >= 15 is 0 Å². The molecule has 5 rings (SSSR count). The van der Waals surface area contributed by atoms with Crippen LogP contribution >= 0.6 is 11.3 Å². The van der Waals surface area contributed by atoms with Crippen LogP contribution in [-0.4, -0.2) is 40.2 Å². The Hall–Kier alpha value is -3.43. The van der Waals surface area contributed by atoms with E-state index in [-0.39, 0.29) is 11.1 Å². The molecule has 0 aromatic carbocycles. The van der Waals surface area contributed by atoms with Crippen LogP contribution in [0.5, 0.6) is 0 Å². The molecule has 0 saturated carbocycles. The molecule has 3 aromatic rings. The summed E-state index contributed by atoms with van der Waals surface area (Å²) in [5.41, 5.74) is 1.93. The zero-order chi connectivity index (χ0) is 21.7. The highest BCUT2D eigenvalue weighted by molar-refractivity contribution is 7.18. The normalized spacial score (nSPS) is 20.5. The van der Waals surface area contributed by atoms with Crippen LogP contribution in [0.15, 0.2) is 23.1 Å². The van der Waals surface area contributed by atoms with Crippen LogP contribution in [0, 0.1) is 35.5 Å². The lowest BCUT2D eigenvalue weighted by atomic mass is 9.92. The van der Waals surface area contributed by atoms with Crippen LogP contribution in [0.2, 0.25) is 0 Å². The van der Waals surface area contributed by atoms with E-state index in [4.69, 9.17) is 5.26 Å². The summed E-state index contributed by atoms with van der Waals surface area (Å²) in [6.45, 7) is 4.37. The lowest BCUT2D eigenvalue weighted by Gasteiger charge is -2.39. The Kier molecular flexibility index (Phi) is 4.64. The van der Waals surface area contributed by atoms with Gasteiger partial charge in [-0.3, -0.25) is 4.79 Å². The van der Waals surface area contributed by atoms with Gasteiger partial charge in [-0.05, 0) is 37.8 Å². The molecular formula is C22H21N7OS. The zero-order valence-electron chi connectivity index (χ0n) is 17.4. The Morgan fingerprint density at radius 3 is 2.74 bits per heavy atom. The number of fused-ring (bicyclic) bond motifs is 2. The maximum absolute atomic E-state index is 12.9. The van der Waals surface area contributed by atoms with Crippen molar-refractivity contribution in [1.82, 2.24) is 14.5 Å². The fraction of sp³-hybridized carbons (Fsp3) is 0.409. The largest absolute Gasteiger partial charge is 0.368 e. The quantitative estimate of drug-likeness (QED) is 0.614. The Morgan fingerprint density at radius 2 is 2.03 bits per heavy atom. The average Bonchev–Trinajstić information content (AvgIpc) is 3.39. The van der Waals surface area contributed by atoms with E-state index in [0.29, 0.717) is 23.2 Å². The maximum Gasteiger partial charge on any atom is 0.271 e. The Balaban J connectivity index is 1.48. The maximum atomic E-state index is 12.9. The number of piperidine rings is 1. The van der Waals surface area contributed by atoms with Gasteiger partial charge < -0.3 is 14.4 Å². The highest BCUT2D eigenvalue weighted by Crippen LogP contribution is 2.38. The molecule has 5 heterocycles. The first-order chi connectivity index (χ1) is 15.0. The van der Waals surface area contributed by atoms with Crippen molar-refractivity contribution in [1.29, 1.82) is 10.5 Å². The van der Waals surface area contributed by atoms with Gasteiger partial charge in [-0.25, -0.2) is 9.97 Å². The molecule has 3 aromatic heterocycles. The van der Waals surface area contributed by atoms with Crippen LogP contribution in [-0.2, 0) is 7.05 Å². The molecule has 0 unspecified atom stereocenters. The van der Waals surface area contributed by atoms with Gasteiger partial charge in [0.05, 0.1) is 16.3 Å². The minimum absolute atomic E-state index is 0.183. The summed E-state index contributed by atoms with van der Waals surface area (Å²) in [4.78, 5) is 27.4. The molecule has 0 radical (unpaired) electrons. The van der Waals surface area contributed by atoms with Crippen molar-refractivity contribution in [3.8, 4) is 12.1 Å². The fourth-order valence-electron chi connectivity index (χ4n) is 4.98. The predicted molar refractivity (Wildman–Crippen MR) is 119 cm³/mol. The van der Waals surface area contributed by atoms with Crippen molar-refractivity contribution < 1.29 is 0 Å². The molecule has 31 heavy (non-hydrogen) atoms. The van der Waals surface area contributed by atoms with E-state index in [1.165, 1.54) is 11.3 Å². The van der Waals surface area contributed by atoms with E-state index in [9.17, 15) is 10.1 Å². The summed E-state index contributed by atoms with van der Waals surface area (Å²) in [7, 11) is 1.71. The Morgan fingerprint density at radius 1 is 1.19 bits per heavy atom. The second-order valence-electron chi connectivity index (χ2n) is 8.15. The molecule has 2 fully saturated rings. The number of aromatic nitrogens is 3. The summed E-state index contributed by atoms with van der Waals surface area (Å²) < 4.78 is 1.54. The van der Waals surface area contributed by atoms with Gasteiger partial charge in [0.2, 0.25) is 0 Å². The predicted octanol–water partition coefficient (Wildman–Crippen LogP) is 2.55. The standard InChI is InChI=1S/C22H21N7OS/c1-13-26-19-20(16(10-24)21(30)27(2)22(19)31-13)28-7-6-17-15(12-28)5-8-29(17)18-4-3-14(9-23)11-25-18/h3-4,11,15,17H,5-8,12H2,1-2H3/t15-,17+/m1/s1. The molecule has 8 nitrogen and oxygen atoms in total. The van der Waals surface area contributed by atoms with Gasteiger partial charge in [-0.15, -0.1) is 11.3 Å². The average molecular weight is 432 g/mol. The number of aryl methyl sites for hydroxylation is 2. The van der Waals surface area contributed by atoms with Crippen molar-refractivity contribution in [2.45, 2.75) is 25.8 Å². The second kappa shape index (κ2) is 7.36. The van der Waals surface area contributed by atoms with Gasteiger partial charge in [-0.2, -0.15) is 10.5 Å². The van der Waals surface area contributed by atoms with E-state index < -0.39 is 0 Å². The van der Waals surface area contributed by atoms with Gasteiger partial charge in [0.1, 0.15) is 33.9 Å². The van der Waals surface area contributed by atoms with Gasteiger partial charge in [0.25, 0.3) is 5.56 Å². The number of nitrogens with zero attached hydrogens (tertiary/aromatic N) is 7. The van der Waals surface area contributed by atoms with E-state index in [1.807, 2.05) is 19.1 Å². The molecule has 0 spiro atoms. The monoisotopic (exact) mass is 431 g/mol. The lowest BCUT2D eigenvalue weighted by molar-refractivity contribution is 0.395. The van der Waals surface area contributed by atoms with Crippen LogP contribution in [0.25, 0.3) is 10.3 Å². The van der Waals surface area contributed by atoms with Crippen LogP contribution in [0.1, 0.15) is 29.0 Å². The molecule has 2 aliphatic heterocycles. The molecule has 2 atom stereocenters. The molecule has 0 bridgehead atoms. The van der Waals surface area contributed by atoms with Gasteiger partial charge in [0.15, 0.2) is 0 Å². The van der Waals surface area contributed by atoms with Crippen LogP contribution in [0.4, 0.5) is 11.5 Å². The topological polar surface area (TPSA) is 102 Å². The van der Waals surface area contributed by atoms with Crippen molar-refractivity contribution in [3.63, 3.8) is 0 Å². The minimum atomic E-state index is -0.259. The molecular weight excluding hydrogens is 410 g/mol. The smallest absolute Gasteiger partial charge is 0.271 e. The Bertz CT molecular complexity index is 1310. The minimum Gasteiger partial charge on any atom is -0.368 e. The SMILES string of the molecule is Cc1nc2c(N3CC[C@H]4[C@H](CCN4c4ccc(C#N)cn4)C3)c(C#N)c(=O)n(C)c2s1. The highest BCUT2D eigenvalue weighted by Gasteiger charge is 2.40. The summed E-state index contributed by atoms with van der Waals surface area (Å²) in [6, 6.07) is 8.36. The summed E-state index contributed by atoms with van der Waals surface area (Å²) in [5.74, 6) is 1.32. The van der Waals surface area contributed by atoms with Crippen LogP contribution < -0.4 is 15.4 Å². The van der Waals surface area contributed by atoms with Crippen molar-refractivity contribution >= 4 is 33.2 Å². The molecule has 0 N–H and O–H groups in total. The third-order valence-corrected chi connectivity index (χ3v) is 7.48.